The van der Waals surface area contributed by atoms with Gasteiger partial charge in [-0.25, -0.2) is 14.4 Å². The molecule has 12 amide bonds. The molecule has 0 aromatic heterocycles. The van der Waals surface area contributed by atoms with E-state index in [9.17, 15) is 43.2 Å². The highest BCUT2D eigenvalue weighted by Gasteiger charge is 2.70. The van der Waals surface area contributed by atoms with Gasteiger partial charge in [0.05, 0.1) is 0 Å². The summed E-state index contributed by atoms with van der Waals surface area (Å²) < 4.78 is 0. The molecule has 15 heteroatoms. The molecular formula is C12H8N6O9. The maximum Gasteiger partial charge on any atom is 0.328 e. The molecule has 3 heterocycles. The summed E-state index contributed by atoms with van der Waals surface area (Å²) in [4.78, 5) is 108. The molecule has 0 aromatic rings. The molecule has 3 rings (SSSR count). The van der Waals surface area contributed by atoms with Crippen LogP contribution in [0.4, 0.5) is 14.4 Å². The fourth-order valence-corrected chi connectivity index (χ4v) is 3.10. The van der Waals surface area contributed by atoms with Crippen molar-refractivity contribution in [2.24, 2.45) is 17.3 Å². The molecule has 0 aromatic carbocycles. The molecule has 0 aliphatic carbocycles. The van der Waals surface area contributed by atoms with Crippen molar-refractivity contribution in [3.05, 3.63) is 0 Å². The van der Waals surface area contributed by atoms with Crippen molar-refractivity contribution in [3.8, 4) is 0 Å². The molecule has 0 spiro atoms. The molecule has 0 unspecified atom stereocenters. The third-order valence-electron chi connectivity index (χ3n) is 4.11. The van der Waals surface area contributed by atoms with Crippen molar-refractivity contribution in [3.63, 3.8) is 0 Å². The van der Waals surface area contributed by atoms with Crippen LogP contribution in [0.2, 0.25) is 0 Å². The van der Waals surface area contributed by atoms with Crippen LogP contribution in [0.5, 0.6) is 0 Å². The van der Waals surface area contributed by atoms with Gasteiger partial charge >= 0.3 is 18.1 Å². The first-order valence-electron chi connectivity index (χ1n) is 7.07. The monoisotopic (exact) mass is 380 g/mol. The van der Waals surface area contributed by atoms with Crippen molar-refractivity contribution in [2.75, 3.05) is 0 Å². The van der Waals surface area contributed by atoms with Crippen molar-refractivity contribution in [1.82, 2.24) is 31.9 Å². The number of hydrogen-bond donors (Lipinski definition) is 6. The first-order chi connectivity index (χ1) is 12.6. The summed E-state index contributed by atoms with van der Waals surface area (Å²) in [6.07, 6.45) is 0. The van der Waals surface area contributed by atoms with Crippen LogP contribution >= 0.6 is 0 Å². The predicted molar refractivity (Wildman–Crippen MR) is 74.5 cm³/mol. The van der Waals surface area contributed by atoms with Gasteiger partial charge in [-0.3, -0.25) is 60.7 Å². The summed E-state index contributed by atoms with van der Waals surface area (Å²) in [7, 11) is 0. The molecule has 3 aliphatic heterocycles. The van der Waals surface area contributed by atoms with E-state index in [1.165, 1.54) is 0 Å². The van der Waals surface area contributed by atoms with Crippen molar-refractivity contribution < 1.29 is 43.2 Å². The Kier molecular flexibility index (Phi) is 3.71. The van der Waals surface area contributed by atoms with Gasteiger partial charge in [-0.2, -0.15) is 0 Å². The molecule has 27 heavy (non-hydrogen) atoms. The van der Waals surface area contributed by atoms with Crippen LogP contribution in [0.15, 0.2) is 0 Å². The smallest absolute Gasteiger partial charge is 0.277 e. The van der Waals surface area contributed by atoms with Crippen LogP contribution in [-0.2, 0) is 28.8 Å². The van der Waals surface area contributed by atoms with Gasteiger partial charge < -0.3 is 0 Å². The number of amides is 12. The predicted octanol–water partition coefficient (Wildman–Crippen LogP) is -4.70. The van der Waals surface area contributed by atoms with Crippen LogP contribution in [0, 0.1) is 17.3 Å². The first kappa shape index (κ1) is 17.6. The zero-order valence-corrected chi connectivity index (χ0v) is 12.8. The van der Waals surface area contributed by atoms with Gasteiger partial charge in [-0.1, -0.05) is 0 Å². The second-order valence-corrected chi connectivity index (χ2v) is 5.59. The van der Waals surface area contributed by atoms with Crippen LogP contribution in [-0.4, -0.2) is 53.5 Å². The Morgan fingerprint density at radius 3 is 1.00 bits per heavy atom. The summed E-state index contributed by atoms with van der Waals surface area (Å²) in [5.74, 6) is -13.9. The Bertz CT molecular complexity index is 782. The zero-order chi connectivity index (χ0) is 20.1. The maximum atomic E-state index is 12.6. The van der Waals surface area contributed by atoms with E-state index in [0.29, 0.717) is 0 Å². The van der Waals surface area contributed by atoms with E-state index in [2.05, 4.69) is 0 Å². The van der Waals surface area contributed by atoms with E-state index in [1.54, 1.807) is 31.9 Å². The van der Waals surface area contributed by atoms with Crippen LogP contribution in [0.3, 0.4) is 0 Å². The number of imide groups is 6. The van der Waals surface area contributed by atoms with Crippen molar-refractivity contribution in [1.29, 1.82) is 0 Å². The minimum atomic E-state index is -3.10. The topological polar surface area (TPSA) is 226 Å². The summed E-state index contributed by atoms with van der Waals surface area (Å²) >= 11 is 0. The van der Waals surface area contributed by atoms with E-state index < -0.39 is 70.8 Å². The Labute approximate surface area is 146 Å². The highest BCUT2D eigenvalue weighted by molar-refractivity contribution is 6.32. The third-order valence-corrected chi connectivity index (χ3v) is 4.11. The fourth-order valence-electron chi connectivity index (χ4n) is 3.10. The Balaban J connectivity index is 2.23. The zero-order valence-electron chi connectivity index (χ0n) is 12.8. The lowest BCUT2D eigenvalue weighted by Gasteiger charge is -2.43. The summed E-state index contributed by atoms with van der Waals surface area (Å²) in [6, 6.07) is -3.87. The summed E-state index contributed by atoms with van der Waals surface area (Å²) in [6.45, 7) is 0. The highest BCUT2D eigenvalue weighted by atomic mass is 16.2. The number of urea groups is 3. The number of carbonyl (C=O) groups is 9. The lowest BCUT2D eigenvalue weighted by atomic mass is 9.62. The summed E-state index contributed by atoms with van der Waals surface area (Å²) in [5.41, 5.74) is -3.10. The Morgan fingerprint density at radius 1 is 0.444 bits per heavy atom. The molecule has 0 bridgehead atoms. The Hall–Kier alpha value is -4.17. The number of barbiturate groups is 3. The van der Waals surface area contributed by atoms with Gasteiger partial charge in [0, 0.05) is 0 Å². The second-order valence-electron chi connectivity index (χ2n) is 5.59. The molecule has 3 aliphatic rings. The molecule has 3 fully saturated rings. The van der Waals surface area contributed by atoms with E-state index >= 15 is 0 Å². The molecule has 15 nitrogen and oxygen atoms in total. The maximum absolute atomic E-state index is 12.6. The lowest BCUT2D eigenvalue weighted by Crippen LogP contribution is -2.77. The molecular weight excluding hydrogens is 372 g/mol. The van der Waals surface area contributed by atoms with Gasteiger partial charge in [0.1, 0.15) is 11.8 Å². The third kappa shape index (κ3) is 2.40. The average Bonchev–Trinajstić information content (AvgIpc) is 2.49. The number of rotatable bonds is 2. The van der Waals surface area contributed by atoms with Crippen LogP contribution < -0.4 is 31.9 Å². The second kappa shape index (κ2) is 5.68. The standard InChI is InChI=1S/C12H8N6O9/c19-3-1(4(20)14-9(25)13-3)12(7(23)17-11(27)18-8(12)24)2-5(21)15-10(26)16-6(2)22/h1-2H,(H2,13,14,19,20,25)(H2,15,16,21,22,26)(H2,17,18,23,24,27). The normalized spacial score (nSPS) is 23.8. The van der Waals surface area contributed by atoms with Gasteiger partial charge in [0.25, 0.3) is 0 Å². The molecule has 0 radical (unpaired) electrons. The molecule has 6 N–H and O–H groups in total. The van der Waals surface area contributed by atoms with Gasteiger partial charge in [-0.15, -0.1) is 0 Å². The van der Waals surface area contributed by atoms with E-state index in [-0.39, 0.29) is 0 Å². The number of carbonyl (C=O) groups excluding carboxylic acids is 9. The largest absolute Gasteiger partial charge is 0.328 e. The van der Waals surface area contributed by atoms with Gasteiger partial charge in [0.2, 0.25) is 35.4 Å². The number of nitrogens with one attached hydrogen (secondary N) is 6. The molecule has 0 atom stereocenters. The minimum Gasteiger partial charge on any atom is -0.277 e. The summed E-state index contributed by atoms with van der Waals surface area (Å²) in [5, 5.41) is 9.71. The first-order valence-corrected chi connectivity index (χ1v) is 7.07. The van der Waals surface area contributed by atoms with E-state index in [4.69, 9.17) is 0 Å². The van der Waals surface area contributed by atoms with Crippen molar-refractivity contribution in [2.45, 2.75) is 0 Å². The molecule has 0 saturated carbocycles. The minimum absolute atomic E-state index is 1.27. The average molecular weight is 380 g/mol. The fraction of sp³-hybridized carbons (Fsp3) is 0.250. The number of hydrogen-bond acceptors (Lipinski definition) is 9. The molecule has 140 valence electrons. The quantitative estimate of drug-likeness (QED) is 0.253. The SMILES string of the molecule is O=C1NC(=O)C(C2(C3C(=O)NC(=O)NC3=O)C(=O)NC(=O)NC2=O)C(=O)N1. The van der Waals surface area contributed by atoms with Crippen LogP contribution in [0.25, 0.3) is 0 Å². The van der Waals surface area contributed by atoms with Crippen LogP contribution in [0.1, 0.15) is 0 Å². The van der Waals surface area contributed by atoms with Crippen molar-refractivity contribution >= 4 is 53.5 Å². The lowest BCUT2D eigenvalue weighted by molar-refractivity contribution is -0.169. The van der Waals surface area contributed by atoms with Gasteiger partial charge in [-0.05, 0) is 0 Å². The highest BCUT2D eigenvalue weighted by Crippen LogP contribution is 2.41. The molecule has 3 saturated heterocycles. The Morgan fingerprint density at radius 2 is 0.704 bits per heavy atom. The van der Waals surface area contributed by atoms with E-state index in [0.717, 1.165) is 0 Å². The van der Waals surface area contributed by atoms with Gasteiger partial charge in [0.15, 0.2) is 5.41 Å². The van der Waals surface area contributed by atoms with E-state index in [1.807, 2.05) is 0 Å².